The number of hydrogen-bond acceptors (Lipinski definition) is 5. The molecule has 6 heteroatoms. The molecule has 2 aromatic carbocycles. The fourth-order valence-electron chi connectivity index (χ4n) is 4.54. The van der Waals surface area contributed by atoms with Gasteiger partial charge in [0.25, 0.3) is 5.91 Å². The second-order valence-corrected chi connectivity index (χ2v) is 7.78. The molecule has 2 aliphatic rings. The van der Waals surface area contributed by atoms with Crippen LogP contribution in [0.3, 0.4) is 0 Å². The minimum absolute atomic E-state index is 0.00874. The van der Waals surface area contributed by atoms with Crippen LogP contribution in [0.2, 0.25) is 0 Å². The minimum atomic E-state index is -0.0853. The van der Waals surface area contributed by atoms with Gasteiger partial charge in [0.15, 0.2) is 11.5 Å². The highest BCUT2D eigenvalue weighted by atomic mass is 16.5. The number of carbonyl (C=O) groups excluding carboxylic acids is 1. The van der Waals surface area contributed by atoms with Crippen LogP contribution < -0.4 is 15.4 Å². The average Bonchev–Trinajstić information content (AvgIpc) is 3.26. The van der Waals surface area contributed by atoms with Crippen LogP contribution in [0, 0.1) is 5.92 Å². The summed E-state index contributed by atoms with van der Waals surface area (Å²) < 4.78 is 10.4. The molecule has 0 fully saturated rings. The molecule has 0 spiro atoms. The fraction of sp³-hybridized carbons (Fsp3) is 0.375. The van der Waals surface area contributed by atoms with E-state index < -0.39 is 0 Å². The van der Waals surface area contributed by atoms with E-state index in [4.69, 9.17) is 9.47 Å². The highest BCUT2D eigenvalue weighted by Gasteiger charge is 2.39. The highest BCUT2D eigenvalue weighted by molar-refractivity contribution is 6.00. The van der Waals surface area contributed by atoms with Crippen LogP contribution in [0.1, 0.15) is 46.3 Å². The van der Waals surface area contributed by atoms with Crippen LogP contribution in [0.25, 0.3) is 0 Å². The van der Waals surface area contributed by atoms with E-state index in [0.29, 0.717) is 30.4 Å². The maximum absolute atomic E-state index is 12.9. The Morgan fingerprint density at radius 3 is 2.93 bits per heavy atom. The first kappa shape index (κ1) is 20.3. The van der Waals surface area contributed by atoms with Crippen molar-refractivity contribution in [1.82, 2.24) is 5.32 Å². The zero-order chi connectivity index (χ0) is 21.1. The Labute approximate surface area is 176 Å². The van der Waals surface area contributed by atoms with Crippen molar-refractivity contribution in [2.75, 3.05) is 32.7 Å². The number of aromatic hydroxyl groups is 1. The number of para-hydroxylation sites is 1. The van der Waals surface area contributed by atoms with Gasteiger partial charge in [-0.2, -0.15) is 0 Å². The molecule has 6 nitrogen and oxygen atoms in total. The first-order valence-corrected chi connectivity index (χ1v) is 10.3. The van der Waals surface area contributed by atoms with Crippen molar-refractivity contribution in [3.05, 3.63) is 65.2 Å². The van der Waals surface area contributed by atoms with E-state index in [-0.39, 0.29) is 23.6 Å². The Kier molecular flexibility index (Phi) is 5.95. The number of phenolic OH excluding ortho intramolecular Hbond substituents is 1. The smallest absolute Gasteiger partial charge is 0.253 e. The number of phenols is 1. The van der Waals surface area contributed by atoms with Crippen molar-refractivity contribution < 1.29 is 19.4 Å². The van der Waals surface area contributed by atoms with Crippen LogP contribution in [0.5, 0.6) is 11.5 Å². The molecule has 2 aromatic rings. The van der Waals surface area contributed by atoms with Crippen LogP contribution in [0.4, 0.5) is 5.69 Å². The van der Waals surface area contributed by atoms with Crippen molar-refractivity contribution in [2.45, 2.75) is 24.8 Å². The highest BCUT2D eigenvalue weighted by Crippen LogP contribution is 2.51. The van der Waals surface area contributed by atoms with Gasteiger partial charge in [-0.3, -0.25) is 4.79 Å². The molecule has 1 aliphatic carbocycles. The predicted octanol–water partition coefficient (Wildman–Crippen LogP) is 3.99. The third-order valence-corrected chi connectivity index (χ3v) is 6.02. The molecule has 1 amide bonds. The lowest BCUT2D eigenvalue weighted by molar-refractivity contribution is 0.0949. The summed E-state index contributed by atoms with van der Waals surface area (Å²) in [7, 11) is 3.21. The third-order valence-electron chi connectivity index (χ3n) is 6.02. The van der Waals surface area contributed by atoms with Gasteiger partial charge in [-0.1, -0.05) is 30.4 Å². The van der Waals surface area contributed by atoms with Gasteiger partial charge in [0.2, 0.25) is 0 Å². The normalized spacial score (nSPS) is 21.5. The van der Waals surface area contributed by atoms with Crippen LogP contribution in [-0.4, -0.2) is 38.4 Å². The summed E-state index contributed by atoms with van der Waals surface area (Å²) in [5, 5.41) is 16.6. The number of allylic oxidation sites excluding steroid dienone is 2. The van der Waals surface area contributed by atoms with E-state index in [2.05, 4.69) is 28.9 Å². The van der Waals surface area contributed by atoms with E-state index in [1.807, 2.05) is 24.3 Å². The number of benzene rings is 2. The minimum Gasteiger partial charge on any atom is -0.504 e. The summed E-state index contributed by atoms with van der Waals surface area (Å²) in [6, 6.07) is 11.4. The molecule has 0 bridgehead atoms. The molecule has 30 heavy (non-hydrogen) atoms. The number of carbonyl (C=O) groups is 1. The quantitative estimate of drug-likeness (QED) is 0.477. The van der Waals surface area contributed by atoms with Crippen LogP contribution >= 0.6 is 0 Å². The van der Waals surface area contributed by atoms with E-state index in [9.17, 15) is 9.90 Å². The molecule has 3 N–H and O–H groups in total. The zero-order valence-corrected chi connectivity index (χ0v) is 17.4. The SMILES string of the molecule is COCCCNC(=O)c1cccc2c1NC(c1ccc(O)c(OC)c1)C1CC=CC21. The number of nitrogens with one attached hydrogen (secondary N) is 2. The molecule has 3 unspecified atom stereocenters. The van der Waals surface area contributed by atoms with Crippen molar-refractivity contribution in [1.29, 1.82) is 0 Å². The number of hydrogen-bond donors (Lipinski definition) is 3. The lowest BCUT2D eigenvalue weighted by Crippen LogP contribution is -2.32. The monoisotopic (exact) mass is 408 g/mol. The molecule has 158 valence electrons. The maximum Gasteiger partial charge on any atom is 0.253 e. The largest absolute Gasteiger partial charge is 0.504 e. The van der Waals surface area contributed by atoms with E-state index in [0.717, 1.165) is 29.7 Å². The van der Waals surface area contributed by atoms with Crippen molar-refractivity contribution >= 4 is 11.6 Å². The summed E-state index contributed by atoms with van der Waals surface area (Å²) >= 11 is 0. The number of methoxy groups -OCH3 is 2. The Morgan fingerprint density at radius 2 is 2.13 bits per heavy atom. The molecule has 1 aliphatic heterocycles. The predicted molar refractivity (Wildman–Crippen MR) is 116 cm³/mol. The number of ether oxygens (including phenoxy) is 2. The summed E-state index contributed by atoms with van der Waals surface area (Å²) in [5.74, 6) is 1.07. The topological polar surface area (TPSA) is 79.8 Å². The number of anilines is 1. The van der Waals surface area contributed by atoms with Gasteiger partial charge in [0.1, 0.15) is 0 Å². The van der Waals surface area contributed by atoms with Gasteiger partial charge in [-0.25, -0.2) is 0 Å². The summed E-state index contributed by atoms with van der Waals surface area (Å²) in [6.45, 7) is 1.19. The van der Waals surface area contributed by atoms with Gasteiger partial charge in [-0.15, -0.1) is 0 Å². The van der Waals surface area contributed by atoms with Gasteiger partial charge in [0.05, 0.1) is 24.4 Å². The molecular formula is C24H28N2O4. The number of fused-ring (bicyclic) bond motifs is 3. The first-order chi connectivity index (χ1) is 14.6. The van der Waals surface area contributed by atoms with E-state index >= 15 is 0 Å². The van der Waals surface area contributed by atoms with Crippen molar-refractivity contribution in [2.24, 2.45) is 5.92 Å². The first-order valence-electron chi connectivity index (χ1n) is 10.3. The molecule has 4 rings (SSSR count). The van der Waals surface area contributed by atoms with Crippen molar-refractivity contribution in [3.63, 3.8) is 0 Å². The molecule has 0 radical (unpaired) electrons. The van der Waals surface area contributed by atoms with Gasteiger partial charge in [-0.05, 0) is 48.1 Å². The molecule has 1 heterocycles. The van der Waals surface area contributed by atoms with Gasteiger partial charge in [0, 0.05) is 26.2 Å². The van der Waals surface area contributed by atoms with Crippen LogP contribution in [0.15, 0.2) is 48.6 Å². The standard InChI is InChI=1S/C24H28N2O4/c1-29-13-5-12-25-24(28)19-9-4-8-18-16-6-3-7-17(16)22(26-23(18)19)15-10-11-20(27)21(14-15)30-2/h3-4,6,8-11,14,16-17,22,26-27H,5,7,12-13H2,1-2H3,(H,25,28). The summed E-state index contributed by atoms with van der Waals surface area (Å²) in [4.78, 5) is 12.9. The Bertz CT molecular complexity index is 956. The lowest BCUT2D eigenvalue weighted by atomic mass is 9.76. The van der Waals surface area contributed by atoms with Gasteiger partial charge < -0.3 is 25.2 Å². The molecule has 3 atom stereocenters. The Hall–Kier alpha value is -2.99. The van der Waals surface area contributed by atoms with Crippen molar-refractivity contribution in [3.8, 4) is 11.5 Å². The average molecular weight is 408 g/mol. The third kappa shape index (κ3) is 3.75. The number of rotatable bonds is 7. The summed E-state index contributed by atoms with van der Waals surface area (Å²) in [6.07, 6.45) is 6.19. The number of amides is 1. The molecule has 0 saturated carbocycles. The summed E-state index contributed by atoms with van der Waals surface area (Å²) in [5.41, 5.74) is 3.72. The maximum atomic E-state index is 12.9. The van der Waals surface area contributed by atoms with E-state index in [1.54, 1.807) is 20.3 Å². The molecule has 0 saturated heterocycles. The molecular weight excluding hydrogens is 380 g/mol. The fourth-order valence-corrected chi connectivity index (χ4v) is 4.54. The lowest BCUT2D eigenvalue weighted by Gasteiger charge is -2.38. The van der Waals surface area contributed by atoms with Crippen LogP contribution in [-0.2, 0) is 4.74 Å². The van der Waals surface area contributed by atoms with E-state index in [1.165, 1.54) is 0 Å². The zero-order valence-electron chi connectivity index (χ0n) is 17.4. The molecule has 0 aromatic heterocycles. The Morgan fingerprint density at radius 1 is 1.27 bits per heavy atom. The Balaban J connectivity index is 1.67. The van der Waals surface area contributed by atoms with Gasteiger partial charge >= 0.3 is 0 Å². The second kappa shape index (κ2) is 8.79. The second-order valence-electron chi connectivity index (χ2n) is 7.78.